The van der Waals surface area contributed by atoms with Crippen molar-refractivity contribution in [2.45, 2.75) is 45.4 Å². The maximum atomic E-state index is 11.6. The van der Waals surface area contributed by atoms with Crippen LogP contribution >= 0.6 is 0 Å². The molecule has 1 atom stereocenters. The van der Waals surface area contributed by atoms with Gasteiger partial charge in [0.05, 0.1) is 5.92 Å². The fourth-order valence-electron chi connectivity index (χ4n) is 2.28. The molecule has 17 heavy (non-hydrogen) atoms. The van der Waals surface area contributed by atoms with E-state index in [0.717, 1.165) is 12.3 Å². The van der Waals surface area contributed by atoms with Crippen LogP contribution in [0.3, 0.4) is 0 Å². The Kier molecular flexibility index (Phi) is 5.80. The summed E-state index contributed by atoms with van der Waals surface area (Å²) in [6.07, 6.45) is 7.61. The molecule has 1 aliphatic carbocycles. The van der Waals surface area contributed by atoms with Crippen LogP contribution in [0.2, 0.25) is 0 Å². The van der Waals surface area contributed by atoms with Crippen LogP contribution < -0.4 is 11.1 Å². The predicted octanol–water partition coefficient (Wildman–Crippen LogP) is 1.46. The molecular weight excluding hydrogens is 218 g/mol. The van der Waals surface area contributed by atoms with Crippen LogP contribution in [0.5, 0.6) is 0 Å². The van der Waals surface area contributed by atoms with Crippen molar-refractivity contribution >= 4 is 11.7 Å². The summed E-state index contributed by atoms with van der Waals surface area (Å²) in [7, 11) is 0. The van der Waals surface area contributed by atoms with E-state index in [0.29, 0.717) is 6.54 Å². The Hall–Kier alpha value is -1.26. The third-order valence-corrected chi connectivity index (χ3v) is 3.52. The van der Waals surface area contributed by atoms with Crippen molar-refractivity contribution in [3.8, 4) is 0 Å². The molecule has 0 heterocycles. The summed E-state index contributed by atoms with van der Waals surface area (Å²) < 4.78 is 0. The minimum absolute atomic E-state index is 0.0432. The largest absolute Gasteiger partial charge is 0.409 e. The van der Waals surface area contributed by atoms with E-state index >= 15 is 0 Å². The van der Waals surface area contributed by atoms with Crippen molar-refractivity contribution in [1.82, 2.24) is 5.32 Å². The predicted molar refractivity (Wildman–Crippen MR) is 66.8 cm³/mol. The number of hydrogen-bond acceptors (Lipinski definition) is 3. The van der Waals surface area contributed by atoms with Crippen LogP contribution in [0.15, 0.2) is 5.16 Å². The third kappa shape index (κ3) is 4.63. The van der Waals surface area contributed by atoms with Gasteiger partial charge in [-0.15, -0.1) is 0 Å². The molecule has 1 amide bonds. The molecule has 5 heteroatoms. The molecule has 0 aromatic carbocycles. The minimum Gasteiger partial charge on any atom is -0.409 e. The average Bonchev–Trinajstić information content (AvgIpc) is 2.85. The van der Waals surface area contributed by atoms with Crippen molar-refractivity contribution in [2.24, 2.45) is 22.7 Å². The molecule has 1 fully saturated rings. The Balaban J connectivity index is 2.11. The van der Waals surface area contributed by atoms with Crippen LogP contribution in [-0.2, 0) is 4.79 Å². The van der Waals surface area contributed by atoms with Gasteiger partial charge in [0.1, 0.15) is 0 Å². The van der Waals surface area contributed by atoms with Gasteiger partial charge in [-0.05, 0) is 25.7 Å². The summed E-state index contributed by atoms with van der Waals surface area (Å²) in [5.41, 5.74) is 5.36. The Labute approximate surface area is 102 Å². The number of carbonyl (C=O) groups is 1. The normalized spacial score (nSPS) is 19.2. The number of nitrogens with one attached hydrogen (secondary N) is 1. The molecule has 1 rings (SSSR count). The van der Waals surface area contributed by atoms with Gasteiger partial charge in [0.2, 0.25) is 5.91 Å². The van der Waals surface area contributed by atoms with E-state index in [4.69, 9.17) is 10.9 Å². The standard InChI is InChI=1S/C12H23N3O2/c1-9(11(13)15-17)12(16)14-8-4-7-10-5-2-3-6-10/h9-10,17H,2-8H2,1H3,(H2,13,15)(H,14,16). The first-order chi connectivity index (χ1) is 8.15. The van der Waals surface area contributed by atoms with Crippen molar-refractivity contribution in [1.29, 1.82) is 0 Å². The molecule has 1 saturated carbocycles. The van der Waals surface area contributed by atoms with E-state index in [2.05, 4.69) is 10.5 Å². The van der Waals surface area contributed by atoms with Crippen LogP contribution in [-0.4, -0.2) is 23.5 Å². The molecule has 0 aromatic heterocycles. The fourth-order valence-corrected chi connectivity index (χ4v) is 2.28. The molecule has 0 radical (unpaired) electrons. The number of carbonyl (C=O) groups excluding carboxylic acids is 1. The van der Waals surface area contributed by atoms with Crippen molar-refractivity contribution < 1.29 is 10.0 Å². The number of nitrogens with two attached hydrogens (primary N) is 1. The summed E-state index contributed by atoms with van der Waals surface area (Å²) in [6.45, 7) is 2.31. The second-order valence-electron chi connectivity index (χ2n) is 4.83. The topological polar surface area (TPSA) is 87.7 Å². The molecule has 0 aliphatic heterocycles. The smallest absolute Gasteiger partial charge is 0.230 e. The van der Waals surface area contributed by atoms with Crippen LogP contribution in [0, 0.1) is 11.8 Å². The van der Waals surface area contributed by atoms with Gasteiger partial charge in [-0.25, -0.2) is 0 Å². The Morgan fingerprint density at radius 2 is 2.18 bits per heavy atom. The maximum absolute atomic E-state index is 11.6. The van der Waals surface area contributed by atoms with Gasteiger partial charge in [0, 0.05) is 6.54 Å². The summed E-state index contributed by atoms with van der Waals surface area (Å²) in [6, 6.07) is 0. The molecule has 0 spiro atoms. The van der Waals surface area contributed by atoms with E-state index in [9.17, 15) is 4.79 Å². The van der Waals surface area contributed by atoms with Gasteiger partial charge in [-0.2, -0.15) is 0 Å². The highest BCUT2D eigenvalue weighted by Crippen LogP contribution is 2.28. The zero-order valence-corrected chi connectivity index (χ0v) is 10.5. The number of amides is 1. The summed E-state index contributed by atoms with van der Waals surface area (Å²) >= 11 is 0. The molecule has 98 valence electrons. The monoisotopic (exact) mass is 241 g/mol. The van der Waals surface area contributed by atoms with Crippen molar-refractivity contribution in [3.05, 3.63) is 0 Å². The van der Waals surface area contributed by atoms with Gasteiger partial charge in [-0.1, -0.05) is 30.8 Å². The summed E-state index contributed by atoms with van der Waals surface area (Å²) in [5.74, 6) is 0.0740. The average molecular weight is 241 g/mol. The zero-order valence-electron chi connectivity index (χ0n) is 10.5. The van der Waals surface area contributed by atoms with Crippen molar-refractivity contribution in [2.75, 3.05) is 6.54 Å². The van der Waals surface area contributed by atoms with Gasteiger partial charge >= 0.3 is 0 Å². The van der Waals surface area contributed by atoms with Gasteiger partial charge in [-0.3, -0.25) is 4.79 Å². The van der Waals surface area contributed by atoms with Crippen LogP contribution in [0.4, 0.5) is 0 Å². The van der Waals surface area contributed by atoms with E-state index in [1.807, 2.05) is 0 Å². The second-order valence-corrected chi connectivity index (χ2v) is 4.83. The fraction of sp³-hybridized carbons (Fsp3) is 0.833. The number of oxime groups is 1. The number of rotatable bonds is 6. The molecule has 0 aromatic rings. The van der Waals surface area contributed by atoms with Gasteiger partial charge in [0.25, 0.3) is 0 Å². The highest BCUT2D eigenvalue weighted by Gasteiger charge is 2.17. The SMILES string of the molecule is CC(C(=O)NCCCC1CCCC1)C(N)=NO. The van der Waals surface area contributed by atoms with Gasteiger partial charge < -0.3 is 16.3 Å². The number of nitrogens with zero attached hydrogens (tertiary/aromatic N) is 1. The van der Waals surface area contributed by atoms with Gasteiger partial charge in [0.15, 0.2) is 5.84 Å². The molecule has 1 unspecified atom stereocenters. The van der Waals surface area contributed by atoms with E-state index in [1.165, 1.54) is 32.1 Å². The third-order valence-electron chi connectivity index (χ3n) is 3.52. The Morgan fingerprint density at radius 1 is 1.53 bits per heavy atom. The lowest BCUT2D eigenvalue weighted by Gasteiger charge is -2.12. The molecular formula is C12H23N3O2. The zero-order chi connectivity index (χ0) is 12.7. The molecule has 0 bridgehead atoms. The van der Waals surface area contributed by atoms with Crippen molar-refractivity contribution in [3.63, 3.8) is 0 Å². The highest BCUT2D eigenvalue weighted by molar-refractivity contribution is 6.01. The number of amidine groups is 1. The first-order valence-corrected chi connectivity index (χ1v) is 6.40. The Morgan fingerprint density at radius 3 is 2.76 bits per heavy atom. The van der Waals surface area contributed by atoms with E-state index in [-0.39, 0.29) is 11.7 Å². The summed E-state index contributed by atoms with van der Waals surface area (Å²) in [5, 5.41) is 14.1. The second kappa shape index (κ2) is 7.14. The van der Waals surface area contributed by atoms with Crippen LogP contribution in [0.1, 0.15) is 45.4 Å². The maximum Gasteiger partial charge on any atom is 0.230 e. The molecule has 4 N–H and O–H groups in total. The highest BCUT2D eigenvalue weighted by atomic mass is 16.4. The lowest BCUT2D eigenvalue weighted by Crippen LogP contribution is -2.37. The minimum atomic E-state index is -0.563. The molecule has 0 saturated heterocycles. The Bertz CT molecular complexity index is 273. The summed E-state index contributed by atoms with van der Waals surface area (Å²) in [4.78, 5) is 11.6. The van der Waals surface area contributed by atoms with E-state index < -0.39 is 5.92 Å². The first kappa shape index (κ1) is 13.8. The number of hydrogen-bond donors (Lipinski definition) is 3. The van der Waals surface area contributed by atoms with E-state index in [1.54, 1.807) is 6.92 Å². The molecule has 5 nitrogen and oxygen atoms in total. The quantitative estimate of drug-likeness (QED) is 0.216. The van der Waals surface area contributed by atoms with Crippen LogP contribution in [0.25, 0.3) is 0 Å². The first-order valence-electron chi connectivity index (χ1n) is 6.40. The molecule has 1 aliphatic rings. The lowest BCUT2D eigenvalue weighted by atomic mass is 10.0. The lowest BCUT2D eigenvalue weighted by molar-refractivity contribution is -0.122.